The molecule has 0 bridgehead atoms. The number of benzene rings is 1. The van der Waals surface area contributed by atoms with Gasteiger partial charge in [-0.25, -0.2) is 0 Å². The van der Waals surface area contributed by atoms with Gasteiger partial charge in [-0.2, -0.15) is 0 Å². The van der Waals surface area contributed by atoms with Crippen molar-refractivity contribution < 1.29 is 14.3 Å². The molecule has 0 fully saturated rings. The van der Waals surface area contributed by atoms with Crippen LogP contribution in [-0.4, -0.2) is 25.0 Å². The molecule has 0 saturated heterocycles. The third kappa shape index (κ3) is 6.54. The molecule has 1 rings (SSSR count). The average Bonchev–Trinajstić information content (AvgIpc) is 2.44. The number of rotatable bonds is 7. The molecule has 5 nitrogen and oxygen atoms in total. The Hall–Kier alpha value is -1.59. The number of nitrogens with one attached hydrogen (secondary N) is 2. The van der Waals surface area contributed by atoms with Gasteiger partial charge in [0.05, 0.1) is 13.0 Å². The summed E-state index contributed by atoms with van der Waals surface area (Å²) in [6, 6.07) is 7.36. The molecule has 0 saturated carbocycles. The largest absolute Gasteiger partial charge is 0.381 e. The van der Waals surface area contributed by atoms with Crippen molar-refractivity contribution in [3.63, 3.8) is 0 Å². The van der Waals surface area contributed by atoms with Crippen molar-refractivity contribution in [2.45, 2.75) is 26.2 Å². The van der Waals surface area contributed by atoms with Crippen molar-refractivity contribution in [3.05, 3.63) is 34.9 Å². The van der Waals surface area contributed by atoms with Crippen molar-refractivity contribution >= 4 is 23.4 Å². The van der Waals surface area contributed by atoms with Crippen LogP contribution in [0.1, 0.15) is 25.3 Å². The molecule has 6 heteroatoms. The zero-order valence-electron chi connectivity index (χ0n) is 11.4. The van der Waals surface area contributed by atoms with Gasteiger partial charge in [-0.05, 0) is 25.0 Å². The second-order valence-corrected chi connectivity index (χ2v) is 4.54. The van der Waals surface area contributed by atoms with Crippen LogP contribution in [0.5, 0.6) is 0 Å². The first-order chi connectivity index (χ1) is 9.63. The SMILES string of the molecule is CCOCCC(=O)NNC(=O)CCc1ccccc1Cl. The molecule has 20 heavy (non-hydrogen) atoms. The summed E-state index contributed by atoms with van der Waals surface area (Å²) in [5, 5.41) is 0.640. The van der Waals surface area contributed by atoms with Gasteiger partial charge in [0.1, 0.15) is 0 Å². The molecule has 0 aliphatic heterocycles. The highest BCUT2D eigenvalue weighted by molar-refractivity contribution is 6.31. The fraction of sp³-hybridized carbons (Fsp3) is 0.429. The Balaban J connectivity index is 2.21. The van der Waals surface area contributed by atoms with Crippen LogP contribution in [0, 0.1) is 0 Å². The van der Waals surface area contributed by atoms with Gasteiger partial charge in [-0.3, -0.25) is 20.4 Å². The fourth-order valence-electron chi connectivity index (χ4n) is 1.52. The van der Waals surface area contributed by atoms with Crippen molar-refractivity contribution in [3.8, 4) is 0 Å². The Morgan fingerprint density at radius 1 is 1.15 bits per heavy atom. The first-order valence-electron chi connectivity index (χ1n) is 6.52. The average molecular weight is 299 g/mol. The Morgan fingerprint density at radius 2 is 1.80 bits per heavy atom. The number of carbonyl (C=O) groups is 2. The normalized spacial score (nSPS) is 10.1. The molecular weight excluding hydrogens is 280 g/mol. The lowest BCUT2D eigenvalue weighted by atomic mass is 10.1. The maximum absolute atomic E-state index is 11.6. The van der Waals surface area contributed by atoms with E-state index in [9.17, 15) is 9.59 Å². The van der Waals surface area contributed by atoms with E-state index >= 15 is 0 Å². The quantitative estimate of drug-likeness (QED) is 0.596. The van der Waals surface area contributed by atoms with Gasteiger partial charge in [0.15, 0.2) is 0 Å². The summed E-state index contributed by atoms with van der Waals surface area (Å²) in [4.78, 5) is 22.9. The van der Waals surface area contributed by atoms with Crippen LogP contribution in [0.2, 0.25) is 5.02 Å². The van der Waals surface area contributed by atoms with Crippen molar-refractivity contribution in [1.29, 1.82) is 0 Å². The highest BCUT2D eigenvalue weighted by Crippen LogP contribution is 2.16. The Labute approximate surface area is 123 Å². The second kappa shape index (κ2) is 9.34. The van der Waals surface area contributed by atoms with E-state index in [1.165, 1.54) is 0 Å². The van der Waals surface area contributed by atoms with Gasteiger partial charge >= 0.3 is 0 Å². The minimum Gasteiger partial charge on any atom is -0.381 e. The topological polar surface area (TPSA) is 67.4 Å². The van der Waals surface area contributed by atoms with Gasteiger partial charge in [0, 0.05) is 18.1 Å². The highest BCUT2D eigenvalue weighted by atomic mass is 35.5. The van der Waals surface area contributed by atoms with E-state index < -0.39 is 0 Å². The third-order valence-corrected chi connectivity index (χ3v) is 2.97. The summed E-state index contributed by atoms with van der Waals surface area (Å²) < 4.78 is 5.04. The van der Waals surface area contributed by atoms with Gasteiger partial charge < -0.3 is 4.74 Å². The van der Waals surface area contributed by atoms with E-state index in [0.29, 0.717) is 24.7 Å². The van der Waals surface area contributed by atoms with Crippen LogP contribution in [0.15, 0.2) is 24.3 Å². The van der Waals surface area contributed by atoms with E-state index in [0.717, 1.165) is 5.56 Å². The maximum atomic E-state index is 11.6. The number of hydrogen-bond donors (Lipinski definition) is 2. The van der Waals surface area contributed by atoms with E-state index in [4.69, 9.17) is 16.3 Å². The molecule has 0 aromatic heterocycles. The number of hydrogen-bond acceptors (Lipinski definition) is 3. The van der Waals surface area contributed by atoms with E-state index in [1.807, 2.05) is 25.1 Å². The van der Waals surface area contributed by atoms with E-state index in [2.05, 4.69) is 10.9 Å². The van der Waals surface area contributed by atoms with Gasteiger partial charge in [-0.1, -0.05) is 29.8 Å². The molecule has 2 amide bonds. The van der Waals surface area contributed by atoms with Crippen molar-refractivity contribution in [2.24, 2.45) is 0 Å². The van der Waals surface area contributed by atoms with Gasteiger partial charge in [-0.15, -0.1) is 0 Å². The molecule has 0 unspecified atom stereocenters. The molecule has 1 aromatic carbocycles. The summed E-state index contributed by atoms with van der Waals surface area (Å²) >= 11 is 5.99. The number of hydrazine groups is 1. The third-order valence-electron chi connectivity index (χ3n) is 2.60. The molecule has 0 aliphatic carbocycles. The minimum absolute atomic E-state index is 0.221. The number of aryl methyl sites for hydroxylation is 1. The highest BCUT2D eigenvalue weighted by Gasteiger charge is 2.06. The van der Waals surface area contributed by atoms with Crippen LogP contribution in [0.3, 0.4) is 0 Å². The predicted octanol–water partition coefficient (Wildman–Crippen LogP) is 1.85. The molecule has 0 aliphatic rings. The minimum atomic E-state index is -0.274. The first kappa shape index (κ1) is 16.5. The smallest absolute Gasteiger partial charge is 0.240 e. The Kier molecular flexibility index (Phi) is 7.69. The zero-order valence-corrected chi connectivity index (χ0v) is 12.2. The monoisotopic (exact) mass is 298 g/mol. The lowest BCUT2D eigenvalue weighted by molar-refractivity contribution is -0.129. The molecule has 0 heterocycles. The van der Waals surface area contributed by atoms with Crippen LogP contribution >= 0.6 is 11.6 Å². The van der Waals surface area contributed by atoms with Crippen LogP contribution in [0.4, 0.5) is 0 Å². The molecule has 0 radical (unpaired) electrons. The molecule has 110 valence electrons. The second-order valence-electron chi connectivity index (χ2n) is 4.13. The molecule has 0 spiro atoms. The zero-order chi connectivity index (χ0) is 14.8. The Morgan fingerprint density at radius 3 is 2.45 bits per heavy atom. The molecule has 1 aromatic rings. The molecular formula is C14H19ClN2O3. The fourth-order valence-corrected chi connectivity index (χ4v) is 1.75. The van der Waals surface area contributed by atoms with E-state index in [1.54, 1.807) is 6.07 Å². The number of halogens is 1. The first-order valence-corrected chi connectivity index (χ1v) is 6.90. The predicted molar refractivity (Wildman–Crippen MR) is 77.2 cm³/mol. The summed E-state index contributed by atoms with van der Waals surface area (Å²) in [7, 11) is 0. The summed E-state index contributed by atoms with van der Waals surface area (Å²) in [6.45, 7) is 2.77. The van der Waals surface area contributed by atoms with Crippen molar-refractivity contribution in [1.82, 2.24) is 10.9 Å². The summed E-state index contributed by atoms with van der Waals surface area (Å²) in [6.07, 6.45) is 1.01. The molecule has 0 atom stereocenters. The number of amides is 2. The van der Waals surface area contributed by atoms with Crippen LogP contribution in [-0.2, 0) is 20.7 Å². The summed E-state index contributed by atoms with van der Waals surface area (Å²) in [5.74, 6) is -0.528. The summed E-state index contributed by atoms with van der Waals surface area (Å²) in [5.41, 5.74) is 5.61. The van der Waals surface area contributed by atoms with Crippen LogP contribution < -0.4 is 10.9 Å². The maximum Gasteiger partial charge on any atom is 0.240 e. The standard InChI is InChI=1S/C14H19ClN2O3/c1-2-20-10-9-14(19)17-16-13(18)8-7-11-5-3-4-6-12(11)15/h3-6H,2,7-10H2,1H3,(H,16,18)(H,17,19). The van der Waals surface area contributed by atoms with Crippen molar-refractivity contribution in [2.75, 3.05) is 13.2 Å². The van der Waals surface area contributed by atoms with Gasteiger partial charge in [0.2, 0.25) is 11.8 Å². The Bertz CT molecular complexity index is 452. The van der Waals surface area contributed by atoms with E-state index in [-0.39, 0.29) is 24.7 Å². The lowest BCUT2D eigenvalue weighted by Crippen LogP contribution is -2.42. The van der Waals surface area contributed by atoms with Crippen LogP contribution in [0.25, 0.3) is 0 Å². The molecule has 2 N–H and O–H groups in total. The lowest BCUT2D eigenvalue weighted by Gasteiger charge is -2.08. The number of carbonyl (C=O) groups excluding carboxylic acids is 2. The number of ether oxygens (including phenoxy) is 1. The van der Waals surface area contributed by atoms with Gasteiger partial charge in [0.25, 0.3) is 0 Å².